The van der Waals surface area contributed by atoms with Gasteiger partial charge in [0.15, 0.2) is 0 Å². The van der Waals surface area contributed by atoms with Crippen molar-refractivity contribution in [3.05, 3.63) is 12.4 Å². The molecule has 14 heavy (non-hydrogen) atoms. The van der Waals surface area contributed by atoms with Crippen LogP contribution in [0, 0.1) is 0 Å². The molecule has 0 aromatic carbocycles. The van der Waals surface area contributed by atoms with Crippen molar-refractivity contribution in [1.29, 1.82) is 0 Å². The van der Waals surface area contributed by atoms with Gasteiger partial charge < -0.3 is 0 Å². The lowest BCUT2D eigenvalue weighted by Gasteiger charge is -2.12. The summed E-state index contributed by atoms with van der Waals surface area (Å²) >= 11 is 5.67. The molecule has 1 aliphatic rings. The predicted molar refractivity (Wildman–Crippen MR) is 51.6 cm³/mol. The van der Waals surface area contributed by atoms with Gasteiger partial charge in [-0.2, -0.15) is 5.10 Å². The molecule has 5 nitrogen and oxygen atoms in total. The van der Waals surface area contributed by atoms with Crippen LogP contribution in [0.4, 0.5) is 0 Å². The minimum Gasteiger partial charge on any atom is -0.284 e. The number of nitrogens with one attached hydrogen (secondary N) is 2. The molecule has 1 aromatic rings. The minimum absolute atomic E-state index is 0.147. The maximum Gasteiger partial charge on any atom is 0.244 e. The van der Waals surface area contributed by atoms with Gasteiger partial charge >= 0.3 is 0 Å². The zero-order chi connectivity index (χ0) is 10.2. The Balaban J connectivity index is 2.19. The molecule has 7 heteroatoms. The average molecular weight is 236 g/mol. The monoisotopic (exact) mass is 235 g/mol. The molecule has 1 saturated carbocycles. The molecule has 0 aliphatic heterocycles. The number of H-pyrrole nitrogens is 1. The normalized spacial score (nSPS) is 19.5. The van der Waals surface area contributed by atoms with Crippen LogP contribution in [-0.2, 0) is 10.0 Å². The lowest BCUT2D eigenvalue weighted by atomic mass is 10.4. The molecule has 2 N–H and O–H groups in total. The quantitative estimate of drug-likeness (QED) is 0.745. The molecule has 78 valence electrons. The van der Waals surface area contributed by atoms with E-state index in [0.717, 1.165) is 12.8 Å². The Labute approximate surface area is 86.9 Å². The zero-order valence-corrected chi connectivity index (χ0v) is 8.90. The fourth-order valence-corrected chi connectivity index (χ4v) is 2.92. The van der Waals surface area contributed by atoms with Crippen LogP contribution in [0.15, 0.2) is 17.3 Å². The van der Waals surface area contributed by atoms with Crippen molar-refractivity contribution in [3.8, 4) is 0 Å². The highest BCUT2D eigenvalue weighted by Crippen LogP contribution is 2.37. The van der Waals surface area contributed by atoms with Gasteiger partial charge in [0, 0.05) is 17.6 Å². The van der Waals surface area contributed by atoms with E-state index in [1.807, 2.05) is 0 Å². The summed E-state index contributed by atoms with van der Waals surface area (Å²) in [5.74, 6) is 0.310. The molecular weight excluding hydrogens is 226 g/mol. The van der Waals surface area contributed by atoms with Gasteiger partial charge in [-0.1, -0.05) is 0 Å². The summed E-state index contributed by atoms with van der Waals surface area (Å²) in [4.78, 5) is 0.147. The first-order valence-electron chi connectivity index (χ1n) is 4.17. The number of aromatic nitrogens is 2. The molecule has 0 bridgehead atoms. The zero-order valence-electron chi connectivity index (χ0n) is 7.33. The second-order valence-corrected chi connectivity index (χ2v) is 5.40. The van der Waals surface area contributed by atoms with Crippen LogP contribution < -0.4 is 4.72 Å². The number of aromatic amines is 1. The number of hydrogen-bond donors (Lipinski definition) is 2. The molecular formula is C7H10ClN3O2S. The van der Waals surface area contributed by atoms with Gasteiger partial charge in [-0.3, -0.25) is 5.10 Å². The second kappa shape index (κ2) is 3.22. The van der Waals surface area contributed by atoms with Crippen LogP contribution in [-0.4, -0.2) is 30.0 Å². The highest BCUT2D eigenvalue weighted by atomic mass is 35.5. The number of halogens is 1. The van der Waals surface area contributed by atoms with E-state index < -0.39 is 15.6 Å². The molecule has 1 fully saturated rings. The predicted octanol–water partition coefficient (Wildman–Crippen LogP) is 0.459. The molecule has 2 rings (SSSR count). The van der Waals surface area contributed by atoms with E-state index in [0.29, 0.717) is 5.88 Å². The second-order valence-electron chi connectivity index (χ2n) is 3.45. The van der Waals surface area contributed by atoms with Crippen LogP contribution in [0.25, 0.3) is 0 Å². The Morgan fingerprint density at radius 2 is 2.36 bits per heavy atom. The summed E-state index contributed by atoms with van der Waals surface area (Å²) in [5.41, 5.74) is -0.419. The van der Waals surface area contributed by atoms with E-state index in [-0.39, 0.29) is 4.90 Å². The van der Waals surface area contributed by atoms with Crippen LogP contribution in [0.3, 0.4) is 0 Å². The summed E-state index contributed by atoms with van der Waals surface area (Å²) in [5, 5.41) is 6.05. The molecule has 0 spiro atoms. The number of sulfonamides is 1. The molecule has 1 heterocycles. The third kappa shape index (κ3) is 1.77. The van der Waals surface area contributed by atoms with Crippen molar-refractivity contribution < 1.29 is 8.42 Å². The molecule has 0 atom stereocenters. The van der Waals surface area contributed by atoms with E-state index >= 15 is 0 Å². The summed E-state index contributed by atoms with van der Waals surface area (Å²) < 4.78 is 25.9. The highest BCUT2D eigenvalue weighted by Gasteiger charge is 2.45. The van der Waals surface area contributed by atoms with Crippen LogP contribution in [0.1, 0.15) is 12.8 Å². The molecule has 1 aliphatic carbocycles. The first-order valence-corrected chi connectivity index (χ1v) is 6.19. The van der Waals surface area contributed by atoms with Gasteiger partial charge in [0.05, 0.1) is 6.20 Å². The van der Waals surface area contributed by atoms with Gasteiger partial charge in [-0.05, 0) is 12.8 Å². The van der Waals surface area contributed by atoms with E-state index in [2.05, 4.69) is 14.9 Å². The highest BCUT2D eigenvalue weighted by molar-refractivity contribution is 7.89. The Morgan fingerprint density at radius 1 is 1.64 bits per heavy atom. The first-order chi connectivity index (χ1) is 6.58. The fraction of sp³-hybridized carbons (Fsp3) is 0.571. The Morgan fingerprint density at radius 3 is 2.79 bits per heavy atom. The molecule has 0 saturated heterocycles. The van der Waals surface area contributed by atoms with Crippen molar-refractivity contribution in [3.63, 3.8) is 0 Å². The molecule has 0 amide bonds. The third-order valence-corrected chi connectivity index (χ3v) is 4.30. The van der Waals surface area contributed by atoms with Crippen LogP contribution in [0.2, 0.25) is 0 Å². The van der Waals surface area contributed by atoms with Crippen molar-refractivity contribution >= 4 is 21.6 Å². The van der Waals surface area contributed by atoms with Gasteiger partial charge in [0.25, 0.3) is 0 Å². The molecule has 0 radical (unpaired) electrons. The Kier molecular flexibility index (Phi) is 2.29. The summed E-state index contributed by atoms with van der Waals surface area (Å²) in [7, 11) is -3.45. The molecule has 0 unspecified atom stereocenters. The van der Waals surface area contributed by atoms with E-state index in [9.17, 15) is 8.42 Å². The number of hydrogen-bond acceptors (Lipinski definition) is 3. The average Bonchev–Trinajstić information content (AvgIpc) is 2.70. The number of alkyl halides is 1. The summed E-state index contributed by atoms with van der Waals surface area (Å²) in [6.07, 6.45) is 4.21. The largest absolute Gasteiger partial charge is 0.284 e. The van der Waals surface area contributed by atoms with Crippen molar-refractivity contribution in [2.24, 2.45) is 0 Å². The fourth-order valence-electron chi connectivity index (χ4n) is 1.14. The lowest BCUT2D eigenvalue weighted by Crippen LogP contribution is -2.37. The third-order valence-electron chi connectivity index (χ3n) is 2.24. The smallest absolute Gasteiger partial charge is 0.244 e. The maximum absolute atomic E-state index is 11.7. The summed E-state index contributed by atoms with van der Waals surface area (Å²) in [6.45, 7) is 0. The SMILES string of the molecule is O=S(=O)(NC1(CCl)CC1)c1cn[nH]c1. The lowest BCUT2D eigenvalue weighted by molar-refractivity contribution is 0.559. The van der Waals surface area contributed by atoms with Gasteiger partial charge in [0.2, 0.25) is 10.0 Å². The maximum atomic E-state index is 11.7. The Hall–Kier alpha value is -0.590. The topological polar surface area (TPSA) is 74.8 Å². The number of nitrogens with zero attached hydrogens (tertiary/aromatic N) is 1. The molecule has 1 aromatic heterocycles. The van der Waals surface area contributed by atoms with Crippen molar-refractivity contribution in [2.75, 3.05) is 5.88 Å². The standard InChI is InChI=1S/C7H10ClN3O2S/c8-5-7(1-2-7)11-14(12,13)6-3-9-10-4-6/h3-4,11H,1-2,5H2,(H,9,10). The van der Waals surface area contributed by atoms with Crippen molar-refractivity contribution in [2.45, 2.75) is 23.3 Å². The van der Waals surface area contributed by atoms with Gasteiger partial charge in [-0.25, -0.2) is 13.1 Å². The van der Waals surface area contributed by atoms with E-state index in [1.54, 1.807) is 0 Å². The van der Waals surface area contributed by atoms with E-state index in [1.165, 1.54) is 12.4 Å². The first kappa shape index (κ1) is 9.95. The summed E-state index contributed by atoms with van der Waals surface area (Å²) in [6, 6.07) is 0. The minimum atomic E-state index is -3.45. The van der Waals surface area contributed by atoms with Gasteiger partial charge in [0.1, 0.15) is 4.90 Å². The van der Waals surface area contributed by atoms with E-state index in [4.69, 9.17) is 11.6 Å². The number of rotatable bonds is 4. The van der Waals surface area contributed by atoms with Crippen LogP contribution >= 0.6 is 11.6 Å². The van der Waals surface area contributed by atoms with Crippen molar-refractivity contribution in [1.82, 2.24) is 14.9 Å². The Bertz CT molecular complexity index is 410. The van der Waals surface area contributed by atoms with Crippen LogP contribution in [0.5, 0.6) is 0 Å². The van der Waals surface area contributed by atoms with Gasteiger partial charge in [-0.15, -0.1) is 11.6 Å².